The third-order valence-electron chi connectivity index (χ3n) is 5.53. The van der Waals surface area contributed by atoms with E-state index in [1.165, 1.54) is 64.8 Å². The van der Waals surface area contributed by atoms with Gasteiger partial charge in [-0.25, -0.2) is 0 Å². The summed E-state index contributed by atoms with van der Waals surface area (Å²) in [5, 5.41) is 0. The van der Waals surface area contributed by atoms with E-state index in [4.69, 9.17) is 4.74 Å². The Balaban J connectivity index is 1.52. The molecule has 0 aromatic carbocycles. The van der Waals surface area contributed by atoms with Crippen molar-refractivity contribution in [2.45, 2.75) is 32.1 Å². The molecule has 2 aliphatic heterocycles. The molecule has 1 spiro atoms. The first kappa shape index (κ1) is 12.9. The number of piperidine rings is 1. The van der Waals surface area contributed by atoms with E-state index in [0.717, 1.165) is 6.61 Å². The second kappa shape index (κ2) is 4.77. The first-order valence-electron chi connectivity index (χ1n) is 7.55. The summed E-state index contributed by atoms with van der Waals surface area (Å²) in [6.07, 6.45) is 7.03. The van der Waals surface area contributed by atoms with E-state index in [-0.39, 0.29) is 0 Å². The van der Waals surface area contributed by atoms with Crippen molar-refractivity contribution >= 4 is 0 Å². The lowest BCUT2D eigenvalue weighted by atomic mass is 9.78. The van der Waals surface area contributed by atoms with Crippen LogP contribution in [-0.4, -0.2) is 63.3 Å². The van der Waals surface area contributed by atoms with Gasteiger partial charge in [-0.3, -0.25) is 0 Å². The maximum absolute atomic E-state index is 5.40. The summed E-state index contributed by atoms with van der Waals surface area (Å²) in [7, 11) is 4.11. The molecule has 1 aliphatic carbocycles. The molecule has 3 fully saturated rings. The smallest absolute Gasteiger partial charge is 0.0530 e. The van der Waals surface area contributed by atoms with Crippen LogP contribution in [0.4, 0.5) is 0 Å². The van der Waals surface area contributed by atoms with Crippen molar-refractivity contribution in [2.24, 2.45) is 10.8 Å². The minimum atomic E-state index is 0.533. The van der Waals surface area contributed by atoms with E-state index in [9.17, 15) is 0 Å². The number of hydrogen-bond donors (Lipinski definition) is 0. The highest BCUT2D eigenvalue weighted by atomic mass is 16.5. The van der Waals surface area contributed by atoms with E-state index < -0.39 is 0 Å². The first-order chi connectivity index (χ1) is 8.65. The van der Waals surface area contributed by atoms with Crippen LogP contribution in [0.25, 0.3) is 0 Å². The lowest BCUT2D eigenvalue weighted by Crippen LogP contribution is -2.40. The fraction of sp³-hybridized carbons (Fsp3) is 1.00. The van der Waals surface area contributed by atoms with Crippen LogP contribution in [0, 0.1) is 10.8 Å². The quantitative estimate of drug-likeness (QED) is 0.759. The van der Waals surface area contributed by atoms with Gasteiger partial charge in [0.15, 0.2) is 0 Å². The van der Waals surface area contributed by atoms with Gasteiger partial charge < -0.3 is 14.5 Å². The molecule has 2 heterocycles. The van der Waals surface area contributed by atoms with Crippen molar-refractivity contribution in [3.63, 3.8) is 0 Å². The number of rotatable bonds is 4. The first-order valence-corrected chi connectivity index (χ1v) is 7.55. The molecule has 3 heteroatoms. The van der Waals surface area contributed by atoms with Gasteiger partial charge in [-0.15, -0.1) is 0 Å². The van der Waals surface area contributed by atoms with Crippen LogP contribution in [0.1, 0.15) is 32.1 Å². The fourth-order valence-corrected chi connectivity index (χ4v) is 3.97. The molecule has 0 atom stereocenters. The van der Waals surface area contributed by atoms with Gasteiger partial charge in [-0.05, 0) is 64.2 Å². The van der Waals surface area contributed by atoms with Crippen LogP contribution in [0.2, 0.25) is 0 Å². The van der Waals surface area contributed by atoms with Gasteiger partial charge in [0.2, 0.25) is 0 Å². The Hall–Kier alpha value is -0.120. The Kier molecular flexibility index (Phi) is 3.41. The molecule has 0 amide bonds. The molecule has 104 valence electrons. The van der Waals surface area contributed by atoms with Gasteiger partial charge in [0.25, 0.3) is 0 Å². The molecule has 3 rings (SSSR count). The van der Waals surface area contributed by atoms with Gasteiger partial charge >= 0.3 is 0 Å². The van der Waals surface area contributed by atoms with Crippen LogP contribution < -0.4 is 0 Å². The molecular weight excluding hydrogens is 224 g/mol. The Labute approximate surface area is 111 Å². The summed E-state index contributed by atoms with van der Waals surface area (Å²) >= 11 is 0. The van der Waals surface area contributed by atoms with E-state index in [1.807, 2.05) is 7.11 Å². The summed E-state index contributed by atoms with van der Waals surface area (Å²) < 4.78 is 5.40. The van der Waals surface area contributed by atoms with Gasteiger partial charge in [0, 0.05) is 25.6 Å². The number of ether oxygens (including phenoxy) is 1. The Morgan fingerprint density at radius 1 is 1.00 bits per heavy atom. The number of likely N-dealkylation sites (tertiary alicyclic amines) is 2. The molecule has 3 nitrogen and oxygen atoms in total. The van der Waals surface area contributed by atoms with Crippen molar-refractivity contribution in [3.05, 3.63) is 0 Å². The van der Waals surface area contributed by atoms with Crippen molar-refractivity contribution in [1.29, 1.82) is 0 Å². The molecule has 18 heavy (non-hydrogen) atoms. The predicted molar refractivity (Wildman–Crippen MR) is 73.8 cm³/mol. The molecule has 2 saturated heterocycles. The number of hydrogen-bond acceptors (Lipinski definition) is 3. The average Bonchev–Trinajstić information content (AvgIpc) is 2.99. The van der Waals surface area contributed by atoms with Crippen LogP contribution >= 0.6 is 0 Å². The molecule has 0 N–H and O–H groups in total. The lowest BCUT2D eigenvalue weighted by Gasteiger charge is -2.38. The number of methoxy groups -OCH3 is 1. The van der Waals surface area contributed by atoms with Crippen LogP contribution in [0.15, 0.2) is 0 Å². The molecule has 0 bridgehead atoms. The van der Waals surface area contributed by atoms with E-state index >= 15 is 0 Å². The molecule has 0 radical (unpaired) electrons. The minimum Gasteiger partial charge on any atom is -0.384 e. The van der Waals surface area contributed by atoms with Crippen molar-refractivity contribution in [3.8, 4) is 0 Å². The summed E-state index contributed by atoms with van der Waals surface area (Å²) in [6, 6.07) is 0. The monoisotopic (exact) mass is 252 g/mol. The van der Waals surface area contributed by atoms with Gasteiger partial charge in [-0.1, -0.05) is 0 Å². The van der Waals surface area contributed by atoms with Gasteiger partial charge in [0.05, 0.1) is 6.61 Å². The zero-order valence-electron chi connectivity index (χ0n) is 12.1. The van der Waals surface area contributed by atoms with E-state index in [0.29, 0.717) is 10.8 Å². The SMILES string of the molecule is COCC1(CN2CCC3(CCN(C)CC3)C2)CC1. The zero-order valence-corrected chi connectivity index (χ0v) is 12.1. The molecule has 0 aromatic heterocycles. The maximum Gasteiger partial charge on any atom is 0.0530 e. The van der Waals surface area contributed by atoms with Crippen LogP contribution in [-0.2, 0) is 4.74 Å². The topological polar surface area (TPSA) is 15.7 Å². The summed E-state index contributed by atoms with van der Waals surface area (Å²) in [5.74, 6) is 0. The second-order valence-electron chi connectivity index (χ2n) is 7.20. The summed E-state index contributed by atoms with van der Waals surface area (Å²) in [4.78, 5) is 5.22. The van der Waals surface area contributed by atoms with Crippen molar-refractivity contribution < 1.29 is 4.74 Å². The molecule has 0 unspecified atom stereocenters. The van der Waals surface area contributed by atoms with E-state index in [1.54, 1.807) is 0 Å². The third-order valence-corrected chi connectivity index (χ3v) is 5.53. The summed E-state index contributed by atoms with van der Waals surface area (Å²) in [5.41, 5.74) is 1.20. The highest BCUT2D eigenvalue weighted by Crippen LogP contribution is 2.48. The molecule has 1 saturated carbocycles. The normalized spacial score (nSPS) is 31.0. The summed E-state index contributed by atoms with van der Waals surface area (Å²) in [6.45, 7) is 7.55. The molecule has 0 aromatic rings. The largest absolute Gasteiger partial charge is 0.384 e. The fourth-order valence-electron chi connectivity index (χ4n) is 3.97. The molecule has 3 aliphatic rings. The predicted octanol–water partition coefficient (Wildman–Crippen LogP) is 1.83. The second-order valence-corrected chi connectivity index (χ2v) is 7.20. The Morgan fingerprint density at radius 3 is 2.28 bits per heavy atom. The van der Waals surface area contributed by atoms with E-state index in [2.05, 4.69) is 16.8 Å². The zero-order chi connectivity index (χ0) is 12.6. The Morgan fingerprint density at radius 2 is 1.67 bits per heavy atom. The molecular formula is C15H28N2O. The maximum atomic E-state index is 5.40. The third kappa shape index (κ3) is 2.59. The average molecular weight is 252 g/mol. The minimum absolute atomic E-state index is 0.533. The van der Waals surface area contributed by atoms with Crippen LogP contribution in [0.3, 0.4) is 0 Å². The highest BCUT2D eigenvalue weighted by molar-refractivity contribution is 5.00. The Bertz CT molecular complexity index is 293. The number of nitrogens with zero attached hydrogens (tertiary/aromatic N) is 2. The van der Waals surface area contributed by atoms with Crippen molar-refractivity contribution in [2.75, 3.05) is 53.5 Å². The van der Waals surface area contributed by atoms with Crippen LogP contribution in [0.5, 0.6) is 0 Å². The lowest BCUT2D eigenvalue weighted by molar-refractivity contribution is 0.0970. The van der Waals surface area contributed by atoms with Gasteiger partial charge in [-0.2, -0.15) is 0 Å². The van der Waals surface area contributed by atoms with Crippen molar-refractivity contribution in [1.82, 2.24) is 9.80 Å². The van der Waals surface area contributed by atoms with Gasteiger partial charge in [0.1, 0.15) is 0 Å². The highest BCUT2D eigenvalue weighted by Gasteiger charge is 2.47. The standard InChI is InChI=1S/C15H28N2O/c1-16-8-5-14(6-9-16)7-10-17(11-14)12-15(3-4-15)13-18-2/h3-13H2,1-2H3.